The number of anilines is 4. The van der Waals surface area contributed by atoms with Crippen LogP contribution < -0.4 is 16.4 Å². The second kappa shape index (κ2) is 5.86. The highest BCUT2D eigenvalue weighted by Crippen LogP contribution is 2.56. The molecule has 0 aliphatic heterocycles. The van der Waals surface area contributed by atoms with E-state index in [1.165, 1.54) is 44.1 Å². The van der Waals surface area contributed by atoms with Gasteiger partial charge in [-0.25, -0.2) is 9.97 Å². The number of nitrogens with two attached hydrogens (primary N) is 1. The van der Waals surface area contributed by atoms with Gasteiger partial charge in [0, 0.05) is 11.2 Å². The van der Waals surface area contributed by atoms with Gasteiger partial charge in [0.1, 0.15) is 12.0 Å². The van der Waals surface area contributed by atoms with Gasteiger partial charge in [0.15, 0.2) is 11.6 Å². The van der Waals surface area contributed by atoms with Gasteiger partial charge in [-0.05, 0) is 75.3 Å². The molecule has 4 saturated carbocycles. The van der Waals surface area contributed by atoms with Gasteiger partial charge in [-0.15, -0.1) is 0 Å². The first-order chi connectivity index (χ1) is 12.6. The Balaban J connectivity index is 1.39. The van der Waals surface area contributed by atoms with Gasteiger partial charge < -0.3 is 16.4 Å². The topological polar surface area (TPSA) is 75.9 Å². The summed E-state index contributed by atoms with van der Waals surface area (Å²) < 4.78 is 0. The van der Waals surface area contributed by atoms with Gasteiger partial charge in [-0.3, -0.25) is 0 Å². The van der Waals surface area contributed by atoms with Crippen molar-refractivity contribution in [2.24, 2.45) is 17.8 Å². The van der Waals surface area contributed by atoms with E-state index in [2.05, 4.69) is 39.7 Å². The monoisotopic (exact) mass is 349 g/mol. The largest absolute Gasteiger partial charge is 0.393 e. The molecule has 0 unspecified atom stereocenters. The molecule has 6 rings (SSSR count). The van der Waals surface area contributed by atoms with E-state index in [1.54, 1.807) is 6.33 Å². The van der Waals surface area contributed by atoms with E-state index in [0.29, 0.717) is 11.5 Å². The highest BCUT2D eigenvalue weighted by Gasteiger charge is 2.51. The average Bonchev–Trinajstić information content (AvgIpc) is 2.59. The number of nitrogens with zero attached hydrogens (tertiary/aromatic N) is 2. The molecule has 0 spiro atoms. The van der Waals surface area contributed by atoms with E-state index in [-0.39, 0.29) is 5.54 Å². The first-order valence-electron chi connectivity index (χ1n) is 9.81. The lowest BCUT2D eigenvalue weighted by Gasteiger charge is -2.57. The second-order valence-corrected chi connectivity index (χ2v) is 8.80. The molecule has 4 aliphatic rings. The molecule has 4 aliphatic carbocycles. The highest BCUT2D eigenvalue weighted by molar-refractivity contribution is 5.78. The van der Waals surface area contributed by atoms with Crippen LogP contribution in [0.2, 0.25) is 0 Å². The molecule has 5 nitrogen and oxygen atoms in total. The van der Waals surface area contributed by atoms with Crippen LogP contribution in [0.5, 0.6) is 0 Å². The summed E-state index contributed by atoms with van der Waals surface area (Å²) in [7, 11) is 0. The van der Waals surface area contributed by atoms with E-state index in [9.17, 15) is 0 Å². The van der Waals surface area contributed by atoms with Crippen molar-refractivity contribution in [3.05, 3.63) is 36.2 Å². The van der Waals surface area contributed by atoms with E-state index in [1.807, 2.05) is 12.1 Å². The molecule has 1 heterocycles. The lowest BCUT2D eigenvalue weighted by molar-refractivity contribution is 0.0106. The summed E-state index contributed by atoms with van der Waals surface area (Å²) in [6, 6.07) is 8.24. The van der Waals surface area contributed by atoms with Crippen molar-refractivity contribution in [3.8, 4) is 0 Å². The summed E-state index contributed by atoms with van der Waals surface area (Å²) in [6.07, 6.45) is 9.70. The van der Waals surface area contributed by atoms with Crippen molar-refractivity contribution >= 4 is 23.0 Å². The molecule has 1 aromatic heterocycles. The number of hydrogen-bond acceptors (Lipinski definition) is 5. The smallest absolute Gasteiger partial charge is 0.159 e. The van der Waals surface area contributed by atoms with E-state index in [0.717, 1.165) is 29.3 Å². The van der Waals surface area contributed by atoms with Gasteiger partial charge in [0.2, 0.25) is 0 Å². The number of aryl methyl sites for hydroxylation is 1. The Morgan fingerprint density at radius 1 is 0.923 bits per heavy atom. The third-order valence-electron chi connectivity index (χ3n) is 6.62. The van der Waals surface area contributed by atoms with Crippen LogP contribution in [0.3, 0.4) is 0 Å². The van der Waals surface area contributed by atoms with Gasteiger partial charge in [-0.1, -0.05) is 17.7 Å². The van der Waals surface area contributed by atoms with Crippen molar-refractivity contribution in [3.63, 3.8) is 0 Å². The summed E-state index contributed by atoms with van der Waals surface area (Å²) in [5.41, 5.74) is 9.47. The number of hydrogen-bond donors (Lipinski definition) is 3. The van der Waals surface area contributed by atoms with Crippen LogP contribution in [0.4, 0.5) is 23.0 Å². The fourth-order valence-corrected chi connectivity index (χ4v) is 5.88. The van der Waals surface area contributed by atoms with Gasteiger partial charge >= 0.3 is 0 Å². The van der Waals surface area contributed by atoms with Gasteiger partial charge in [0.05, 0.1) is 0 Å². The number of nitrogens with one attached hydrogen (secondary N) is 2. The molecular formula is C21H27N5. The Kier molecular flexibility index (Phi) is 3.59. The van der Waals surface area contributed by atoms with Gasteiger partial charge in [-0.2, -0.15) is 0 Å². The molecular weight excluding hydrogens is 322 g/mol. The molecule has 0 amide bonds. The van der Waals surface area contributed by atoms with Crippen molar-refractivity contribution in [1.82, 2.24) is 9.97 Å². The summed E-state index contributed by atoms with van der Waals surface area (Å²) in [5, 5.41) is 7.11. The summed E-state index contributed by atoms with van der Waals surface area (Å²) >= 11 is 0. The van der Waals surface area contributed by atoms with Crippen LogP contribution in [0.25, 0.3) is 0 Å². The minimum absolute atomic E-state index is 0.193. The molecule has 0 saturated heterocycles. The molecule has 2 aromatic rings. The zero-order valence-electron chi connectivity index (χ0n) is 15.3. The fourth-order valence-electron chi connectivity index (χ4n) is 5.88. The molecule has 0 atom stereocenters. The number of nitrogen functional groups attached to an aromatic ring is 1. The predicted octanol–water partition coefficient (Wildman–Crippen LogP) is 4.49. The standard InChI is InChI=1S/C21H27N5/c1-13-2-4-17(5-3-13)25-19-18(22)20(24-12-23-19)26-21-9-14-6-15(10-21)8-16(7-14)11-21/h2-5,12,14-16H,6-11,22H2,1H3,(H2,23,24,25,26). The summed E-state index contributed by atoms with van der Waals surface area (Å²) in [6.45, 7) is 2.08. The molecule has 136 valence electrons. The second-order valence-electron chi connectivity index (χ2n) is 8.80. The van der Waals surface area contributed by atoms with E-state index < -0.39 is 0 Å². The van der Waals surface area contributed by atoms with Crippen molar-refractivity contribution in [1.29, 1.82) is 0 Å². The lowest BCUT2D eigenvalue weighted by Crippen LogP contribution is -2.55. The summed E-state index contributed by atoms with van der Waals surface area (Å²) in [5.74, 6) is 4.14. The number of benzene rings is 1. The van der Waals surface area contributed by atoms with E-state index >= 15 is 0 Å². The van der Waals surface area contributed by atoms with Crippen LogP contribution in [-0.4, -0.2) is 15.5 Å². The quantitative estimate of drug-likeness (QED) is 0.758. The molecule has 0 radical (unpaired) electrons. The first kappa shape index (κ1) is 15.9. The average molecular weight is 349 g/mol. The van der Waals surface area contributed by atoms with Crippen LogP contribution in [0, 0.1) is 24.7 Å². The molecule has 4 fully saturated rings. The third kappa shape index (κ3) is 2.79. The van der Waals surface area contributed by atoms with Gasteiger partial charge in [0.25, 0.3) is 0 Å². The van der Waals surface area contributed by atoms with Crippen LogP contribution >= 0.6 is 0 Å². The predicted molar refractivity (Wildman–Crippen MR) is 105 cm³/mol. The Bertz CT molecular complexity index is 778. The van der Waals surface area contributed by atoms with E-state index in [4.69, 9.17) is 5.73 Å². The summed E-state index contributed by atoms with van der Waals surface area (Å²) in [4.78, 5) is 8.85. The molecule has 26 heavy (non-hydrogen) atoms. The minimum Gasteiger partial charge on any atom is -0.393 e. The zero-order chi connectivity index (χ0) is 17.7. The normalized spacial score (nSPS) is 31.8. The number of rotatable bonds is 4. The first-order valence-corrected chi connectivity index (χ1v) is 9.81. The number of aromatic nitrogens is 2. The Morgan fingerprint density at radius 3 is 2.12 bits per heavy atom. The maximum absolute atomic E-state index is 6.44. The maximum atomic E-state index is 6.44. The molecule has 4 N–H and O–H groups in total. The van der Waals surface area contributed by atoms with Crippen LogP contribution in [0.1, 0.15) is 44.1 Å². The van der Waals surface area contributed by atoms with Crippen molar-refractivity contribution < 1.29 is 0 Å². The lowest BCUT2D eigenvalue weighted by atomic mass is 9.53. The molecule has 1 aromatic carbocycles. The molecule has 4 bridgehead atoms. The van der Waals surface area contributed by atoms with Crippen molar-refractivity contribution in [2.45, 2.75) is 51.0 Å². The Morgan fingerprint density at radius 2 is 1.50 bits per heavy atom. The molecule has 5 heteroatoms. The maximum Gasteiger partial charge on any atom is 0.159 e. The van der Waals surface area contributed by atoms with Crippen LogP contribution in [-0.2, 0) is 0 Å². The third-order valence-corrected chi connectivity index (χ3v) is 6.62. The zero-order valence-corrected chi connectivity index (χ0v) is 15.3. The highest BCUT2D eigenvalue weighted by atomic mass is 15.1. The van der Waals surface area contributed by atoms with Crippen LogP contribution in [0.15, 0.2) is 30.6 Å². The fraction of sp³-hybridized carbons (Fsp3) is 0.524. The minimum atomic E-state index is 0.193. The SMILES string of the molecule is Cc1ccc(Nc2ncnc(NC34CC5CC(CC(C5)C3)C4)c2N)cc1. The van der Waals surface area contributed by atoms with Crippen molar-refractivity contribution in [2.75, 3.05) is 16.4 Å². The Labute approximate surface area is 154 Å². The Hall–Kier alpha value is -2.30.